The highest BCUT2D eigenvalue weighted by Gasteiger charge is 2.16. The topological polar surface area (TPSA) is 62.7 Å². The van der Waals surface area contributed by atoms with Gasteiger partial charge in [0.05, 0.1) is 7.11 Å². The number of halogens is 1. The van der Waals surface area contributed by atoms with Crippen LogP contribution in [0.25, 0.3) is 0 Å². The summed E-state index contributed by atoms with van der Waals surface area (Å²) in [5.41, 5.74) is 0.00750. The highest BCUT2D eigenvalue weighted by Crippen LogP contribution is 2.17. The lowest BCUT2D eigenvalue weighted by atomic mass is 10.4. The molecule has 1 aromatic heterocycles. The number of aliphatic carboxylic acids is 1. The zero-order valence-corrected chi connectivity index (χ0v) is 10.4. The number of likely N-dealkylation sites (N-methyl/N-ethyl adjacent to an activating group) is 1. The molecule has 0 saturated heterocycles. The Kier molecular flexibility index (Phi) is 4.30. The van der Waals surface area contributed by atoms with Gasteiger partial charge >= 0.3 is 5.97 Å². The molecule has 0 radical (unpaired) electrons. The third kappa shape index (κ3) is 2.96. The molecule has 5 nitrogen and oxygen atoms in total. The Balaban J connectivity index is 3.04. The van der Waals surface area contributed by atoms with E-state index in [4.69, 9.17) is 9.84 Å². The van der Waals surface area contributed by atoms with Crippen LogP contribution < -0.4 is 4.90 Å². The van der Waals surface area contributed by atoms with Gasteiger partial charge in [0.1, 0.15) is 16.7 Å². The van der Waals surface area contributed by atoms with Crippen molar-refractivity contribution in [1.82, 2.24) is 4.98 Å². The Morgan fingerprint density at radius 1 is 1.62 bits per heavy atom. The fraction of sp³-hybridized carbons (Fsp3) is 0.200. The molecule has 0 spiro atoms. The third-order valence-electron chi connectivity index (χ3n) is 1.85. The molecule has 0 fully saturated rings. The van der Waals surface area contributed by atoms with Crippen molar-refractivity contribution in [2.45, 2.75) is 0 Å². The standard InChI is InChI=1S/C10H11BrN2O3/c1-13(7(6-16-2)10(14)15)9-5-3-4-8(11)12-9/h3-6H,1-2H3,(H,14,15). The second-order valence-corrected chi connectivity index (χ2v) is 3.73. The van der Waals surface area contributed by atoms with Crippen LogP contribution in [0.1, 0.15) is 0 Å². The van der Waals surface area contributed by atoms with Gasteiger partial charge in [-0.3, -0.25) is 0 Å². The summed E-state index contributed by atoms with van der Waals surface area (Å²) in [5, 5.41) is 8.98. The van der Waals surface area contributed by atoms with Gasteiger partial charge in [0, 0.05) is 7.05 Å². The first-order valence-electron chi connectivity index (χ1n) is 4.38. The SMILES string of the molecule is COC=C(C(=O)O)N(C)c1cccc(Br)n1. The number of carboxylic acid groups (broad SMARTS) is 1. The van der Waals surface area contributed by atoms with Gasteiger partial charge in [0.2, 0.25) is 0 Å². The Labute approximate surface area is 101 Å². The lowest BCUT2D eigenvalue weighted by Gasteiger charge is -2.18. The van der Waals surface area contributed by atoms with Gasteiger partial charge < -0.3 is 14.7 Å². The molecule has 1 N–H and O–H groups in total. The van der Waals surface area contributed by atoms with Gasteiger partial charge in [-0.05, 0) is 28.1 Å². The summed E-state index contributed by atoms with van der Waals surface area (Å²) in [7, 11) is 3.00. The van der Waals surface area contributed by atoms with Crippen molar-refractivity contribution in [1.29, 1.82) is 0 Å². The summed E-state index contributed by atoms with van der Waals surface area (Å²) in [5.74, 6) is -0.564. The summed E-state index contributed by atoms with van der Waals surface area (Å²) in [6.45, 7) is 0. The molecular weight excluding hydrogens is 276 g/mol. The molecular formula is C10H11BrN2O3. The van der Waals surface area contributed by atoms with Crippen LogP contribution in [-0.2, 0) is 9.53 Å². The van der Waals surface area contributed by atoms with E-state index in [2.05, 4.69) is 20.9 Å². The summed E-state index contributed by atoms with van der Waals surface area (Å²) >= 11 is 3.22. The van der Waals surface area contributed by atoms with E-state index in [-0.39, 0.29) is 5.70 Å². The molecule has 16 heavy (non-hydrogen) atoms. The summed E-state index contributed by atoms with van der Waals surface area (Å²) in [6.07, 6.45) is 1.16. The highest BCUT2D eigenvalue weighted by molar-refractivity contribution is 9.10. The Hall–Kier alpha value is -1.56. The average Bonchev–Trinajstić information content (AvgIpc) is 2.24. The maximum absolute atomic E-state index is 11.0. The molecule has 0 atom stereocenters. The van der Waals surface area contributed by atoms with Crippen LogP contribution >= 0.6 is 15.9 Å². The van der Waals surface area contributed by atoms with Gasteiger partial charge in [-0.1, -0.05) is 6.07 Å². The lowest BCUT2D eigenvalue weighted by molar-refractivity contribution is -0.132. The fourth-order valence-electron chi connectivity index (χ4n) is 1.09. The lowest BCUT2D eigenvalue weighted by Crippen LogP contribution is -2.24. The number of carbonyl (C=O) groups is 1. The quantitative estimate of drug-likeness (QED) is 0.520. The zero-order chi connectivity index (χ0) is 12.1. The Bertz CT molecular complexity index is 420. The monoisotopic (exact) mass is 286 g/mol. The van der Waals surface area contributed by atoms with E-state index < -0.39 is 5.97 Å². The first-order valence-corrected chi connectivity index (χ1v) is 5.18. The van der Waals surface area contributed by atoms with E-state index in [1.165, 1.54) is 12.0 Å². The second-order valence-electron chi connectivity index (χ2n) is 2.92. The number of rotatable bonds is 4. The van der Waals surface area contributed by atoms with Gasteiger partial charge in [0.25, 0.3) is 0 Å². The van der Waals surface area contributed by atoms with Crippen molar-refractivity contribution in [2.75, 3.05) is 19.1 Å². The molecule has 0 aliphatic carbocycles. The molecule has 0 aliphatic rings. The molecule has 0 unspecified atom stereocenters. The van der Waals surface area contributed by atoms with Gasteiger partial charge in [-0.2, -0.15) is 0 Å². The van der Waals surface area contributed by atoms with Crippen LogP contribution in [0.15, 0.2) is 34.8 Å². The minimum atomic E-state index is -1.08. The van der Waals surface area contributed by atoms with E-state index >= 15 is 0 Å². The first kappa shape index (κ1) is 12.5. The molecule has 0 bridgehead atoms. The van der Waals surface area contributed by atoms with Crippen LogP contribution in [0.4, 0.5) is 5.82 Å². The number of ether oxygens (including phenoxy) is 1. The van der Waals surface area contributed by atoms with Crippen LogP contribution in [0, 0.1) is 0 Å². The molecule has 0 aromatic carbocycles. The van der Waals surface area contributed by atoms with Crippen LogP contribution in [0.2, 0.25) is 0 Å². The number of carboxylic acids is 1. The third-order valence-corrected chi connectivity index (χ3v) is 2.30. The van der Waals surface area contributed by atoms with E-state index in [0.29, 0.717) is 10.4 Å². The van der Waals surface area contributed by atoms with Crippen LogP contribution in [-0.4, -0.2) is 30.2 Å². The molecule has 0 amide bonds. The van der Waals surface area contributed by atoms with Crippen molar-refractivity contribution >= 4 is 27.7 Å². The summed E-state index contributed by atoms with van der Waals surface area (Å²) < 4.78 is 5.35. The number of methoxy groups -OCH3 is 1. The van der Waals surface area contributed by atoms with Crippen molar-refractivity contribution in [2.24, 2.45) is 0 Å². The zero-order valence-electron chi connectivity index (χ0n) is 8.85. The van der Waals surface area contributed by atoms with Gasteiger partial charge in [-0.15, -0.1) is 0 Å². The number of pyridine rings is 1. The predicted molar refractivity (Wildman–Crippen MR) is 63.1 cm³/mol. The van der Waals surface area contributed by atoms with Crippen molar-refractivity contribution in [3.05, 3.63) is 34.8 Å². The molecule has 1 heterocycles. The first-order chi connectivity index (χ1) is 7.56. The molecule has 1 aromatic rings. The Morgan fingerprint density at radius 2 is 2.31 bits per heavy atom. The molecule has 86 valence electrons. The molecule has 0 saturated carbocycles. The minimum Gasteiger partial charge on any atom is -0.502 e. The molecule has 6 heteroatoms. The van der Waals surface area contributed by atoms with Crippen molar-refractivity contribution < 1.29 is 14.6 Å². The van der Waals surface area contributed by atoms with E-state index in [1.807, 2.05) is 0 Å². The van der Waals surface area contributed by atoms with Crippen molar-refractivity contribution in [3.8, 4) is 0 Å². The maximum atomic E-state index is 11.0. The number of aromatic nitrogens is 1. The Morgan fingerprint density at radius 3 is 2.81 bits per heavy atom. The second kappa shape index (κ2) is 5.50. The number of nitrogens with zero attached hydrogens (tertiary/aromatic N) is 2. The smallest absolute Gasteiger partial charge is 0.355 e. The highest BCUT2D eigenvalue weighted by atomic mass is 79.9. The molecule has 0 aliphatic heterocycles. The maximum Gasteiger partial charge on any atom is 0.355 e. The summed E-state index contributed by atoms with van der Waals surface area (Å²) in [6, 6.07) is 5.24. The van der Waals surface area contributed by atoms with Crippen molar-refractivity contribution in [3.63, 3.8) is 0 Å². The van der Waals surface area contributed by atoms with Crippen LogP contribution in [0.3, 0.4) is 0 Å². The molecule has 1 rings (SSSR count). The van der Waals surface area contributed by atoms with Gasteiger partial charge in [-0.25, -0.2) is 9.78 Å². The summed E-state index contributed by atoms with van der Waals surface area (Å²) in [4.78, 5) is 16.5. The van der Waals surface area contributed by atoms with E-state index in [1.54, 1.807) is 25.2 Å². The normalized spacial score (nSPS) is 11.1. The predicted octanol–water partition coefficient (Wildman–Crippen LogP) is 1.85. The van der Waals surface area contributed by atoms with Gasteiger partial charge in [0.15, 0.2) is 5.70 Å². The number of hydrogen-bond donors (Lipinski definition) is 1. The number of hydrogen-bond acceptors (Lipinski definition) is 4. The fourth-order valence-corrected chi connectivity index (χ4v) is 1.43. The van der Waals surface area contributed by atoms with E-state index in [0.717, 1.165) is 6.26 Å². The average molecular weight is 287 g/mol. The van der Waals surface area contributed by atoms with Crippen LogP contribution in [0.5, 0.6) is 0 Å². The van der Waals surface area contributed by atoms with E-state index in [9.17, 15) is 4.79 Å². The number of anilines is 1. The minimum absolute atomic E-state index is 0.00750. The largest absolute Gasteiger partial charge is 0.502 e.